The van der Waals surface area contributed by atoms with E-state index in [1.165, 1.54) is 19.2 Å². The van der Waals surface area contributed by atoms with Crippen LogP contribution < -0.4 is 10.6 Å². The largest absolute Gasteiger partial charge is 0.356 e. The van der Waals surface area contributed by atoms with Gasteiger partial charge >= 0.3 is 0 Å². The second-order valence-electron chi connectivity index (χ2n) is 5.52. The third kappa shape index (κ3) is 5.20. The quantitative estimate of drug-likeness (QED) is 0.488. The first-order chi connectivity index (χ1) is 11.9. The molecule has 134 valence electrons. The molecule has 2 N–H and O–H groups in total. The van der Waals surface area contributed by atoms with E-state index in [0.29, 0.717) is 18.1 Å². The van der Waals surface area contributed by atoms with Crippen molar-refractivity contribution in [3.05, 3.63) is 70.8 Å². The van der Waals surface area contributed by atoms with Crippen LogP contribution in [0.15, 0.2) is 41.4 Å². The maximum atomic E-state index is 13.8. The minimum atomic E-state index is -0.655. The SMILES string of the molecule is CN=C(NCCc1cc(F)ccc1F)NC(C)c1ccc(F)cc1F. The maximum absolute atomic E-state index is 13.8. The van der Waals surface area contributed by atoms with Crippen LogP contribution in [0.2, 0.25) is 0 Å². The Balaban J connectivity index is 1.93. The standard InChI is InChI=1S/C18H19F4N3/c1-11(15-5-3-14(20)10-17(15)22)25-18(23-2)24-8-7-12-9-13(19)4-6-16(12)21/h3-6,9-11H,7-8H2,1-2H3,(H2,23,24,25). The first-order valence-corrected chi connectivity index (χ1v) is 7.76. The zero-order valence-corrected chi connectivity index (χ0v) is 13.9. The second kappa shape index (κ2) is 8.50. The summed E-state index contributed by atoms with van der Waals surface area (Å²) >= 11 is 0. The molecule has 25 heavy (non-hydrogen) atoms. The van der Waals surface area contributed by atoms with Gasteiger partial charge in [0.25, 0.3) is 0 Å². The average Bonchev–Trinajstić information content (AvgIpc) is 2.56. The fourth-order valence-electron chi connectivity index (χ4n) is 2.38. The number of rotatable bonds is 5. The number of guanidine groups is 1. The van der Waals surface area contributed by atoms with Crippen molar-refractivity contribution < 1.29 is 17.6 Å². The van der Waals surface area contributed by atoms with Crippen LogP contribution in [0.4, 0.5) is 17.6 Å². The second-order valence-corrected chi connectivity index (χ2v) is 5.52. The number of nitrogens with one attached hydrogen (secondary N) is 2. The van der Waals surface area contributed by atoms with Gasteiger partial charge in [0.05, 0.1) is 6.04 Å². The van der Waals surface area contributed by atoms with Gasteiger partial charge in [-0.1, -0.05) is 6.07 Å². The van der Waals surface area contributed by atoms with Crippen molar-refractivity contribution in [1.29, 1.82) is 0 Å². The van der Waals surface area contributed by atoms with Crippen LogP contribution in [0.1, 0.15) is 24.1 Å². The lowest BCUT2D eigenvalue weighted by atomic mass is 10.1. The molecule has 7 heteroatoms. The van der Waals surface area contributed by atoms with Gasteiger partial charge in [0.1, 0.15) is 23.3 Å². The highest BCUT2D eigenvalue weighted by Gasteiger charge is 2.13. The first-order valence-electron chi connectivity index (χ1n) is 7.76. The lowest BCUT2D eigenvalue weighted by Gasteiger charge is -2.19. The van der Waals surface area contributed by atoms with Gasteiger partial charge in [-0.25, -0.2) is 17.6 Å². The van der Waals surface area contributed by atoms with Gasteiger partial charge in [0.15, 0.2) is 5.96 Å². The number of hydrogen-bond donors (Lipinski definition) is 2. The van der Waals surface area contributed by atoms with E-state index in [4.69, 9.17) is 0 Å². The Morgan fingerprint density at radius 3 is 2.36 bits per heavy atom. The number of nitrogens with zero attached hydrogens (tertiary/aromatic N) is 1. The first kappa shape index (κ1) is 18.8. The van der Waals surface area contributed by atoms with Gasteiger partial charge in [-0.3, -0.25) is 4.99 Å². The monoisotopic (exact) mass is 353 g/mol. The molecule has 0 aliphatic heterocycles. The predicted molar refractivity (Wildman–Crippen MR) is 89.3 cm³/mol. The van der Waals surface area contributed by atoms with Crippen molar-refractivity contribution in [3.63, 3.8) is 0 Å². The van der Waals surface area contributed by atoms with Crippen molar-refractivity contribution >= 4 is 5.96 Å². The number of benzene rings is 2. The summed E-state index contributed by atoms with van der Waals surface area (Å²) in [4.78, 5) is 4.00. The lowest BCUT2D eigenvalue weighted by Crippen LogP contribution is -2.39. The molecule has 0 spiro atoms. The molecule has 0 saturated carbocycles. The molecule has 3 nitrogen and oxygen atoms in total. The van der Waals surface area contributed by atoms with Gasteiger partial charge < -0.3 is 10.6 Å². The van der Waals surface area contributed by atoms with Crippen LogP contribution in [0, 0.1) is 23.3 Å². The average molecular weight is 353 g/mol. The highest BCUT2D eigenvalue weighted by atomic mass is 19.1. The smallest absolute Gasteiger partial charge is 0.191 e. The summed E-state index contributed by atoms with van der Waals surface area (Å²) in [7, 11) is 1.53. The third-order valence-electron chi connectivity index (χ3n) is 3.70. The minimum Gasteiger partial charge on any atom is -0.356 e. The molecule has 0 aromatic heterocycles. The molecular formula is C18H19F4N3. The van der Waals surface area contributed by atoms with E-state index >= 15 is 0 Å². The molecule has 0 amide bonds. The molecule has 0 bridgehead atoms. The predicted octanol–water partition coefficient (Wildman–Crippen LogP) is 3.71. The molecule has 0 fully saturated rings. The topological polar surface area (TPSA) is 36.4 Å². The summed E-state index contributed by atoms with van der Waals surface area (Å²) in [6.45, 7) is 2.01. The Morgan fingerprint density at radius 1 is 1.00 bits per heavy atom. The molecule has 0 aliphatic rings. The van der Waals surface area contributed by atoms with E-state index in [9.17, 15) is 17.6 Å². The Morgan fingerprint density at radius 2 is 1.68 bits per heavy atom. The summed E-state index contributed by atoms with van der Waals surface area (Å²) < 4.78 is 53.5. The summed E-state index contributed by atoms with van der Waals surface area (Å²) in [5.41, 5.74) is 0.543. The molecule has 1 atom stereocenters. The van der Waals surface area contributed by atoms with Gasteiger partial charge in [-0.15, -0.1) is 0 Å². The van der Waals surface area contributed by atoms with E-state index in [-0.39, 0.29) is 12.0 Å². The third-order valence-corrected chi connectivity index (χ3v) is 3.70. The fraction of sp³-hybridized carbons (Fsp3) is 0.278. The Hall–Kier alpha value is -2.57. The van der Waals surface area contributed by atoms with Crippen LogP contribution >= 0.6 is 0 Å². The van der Waals surface area contributed by atoms with Crippen LogP contribution in [-0.2, 0) is 6.42 Å². The molecule has 0 heterocycles. The number of hydrogen-bond acceptors (Lipinski definition) is 1. The summed E-state index contributed by atoms with van der Waals surface area (Å²) in [6.07, 6.45) is 0.254. The van der Waals surface area contributed by atoms with Gasteiger partial charge in [-0.05, 0) is 43.2 Å². The van der Waals surface area contributed by atoms with Gasteiger partial charge in [0.2, 0.25) is 0 Å². The Bertz CT molecular complexity index is 762. The van der Waals surface area contributed by atoms with Crippen molar-refractivity contribution in [2.75, 3.05) is 13.6 Å². The summed E-state index contributed by atoms with van der Waals surface area (Å²) in [5.74, 6) is -1.91. The van der Waals surface area contributed by atoms with Crippen molar-refractivity contribution in [3.8, 4) is 0 Å². The fourth-order valence-corrected chi connectivity index (χ4v) is 2.38. The van der Waals surface area contributed by atoms with E-state index in [1.54, 1.807) is 6.92 Å². The maximum Gasteiger partial charge on any atom is 0.191 e. The van der Waals surface area contributed by atoms with E-state index < -0.39 is 29.3 Å². The van der Waals surface area contributed by atoms with Gasteiger partial charge in [0, 0.05) is 25.2 Å². The van der Waals surface area contributed by atoms with E-state index in [1.807, 2.05) is 0 Å². The lowest BCUT2D eigenvalue weighted by molar-refractivity contribution is 0.550. The Kier molecular flexibility index (Phi) is 6.38. The molecule has 2 rings (SSSR count). The van der Waals surface area contributed by atoms with Crippen LogP contribution in [0.3, 0.4) is 0 Å². The Labute approximate surface area is 143 Å². The molecule has 2 aromatic carbocycles. The van der Waals surface area contributed by atoms with E-state index in [2.05, 4.69) is 15.6 Å². The molecule has 1 unspecified atom stereocenters. The molecule has 0 saturated heterocycles. The van der Waals surface area contributed by atoms with Crippen LogP contribution in [0.25, 0.3) is 0 Å². The van der Waals surface area contributed by atoms with E-state index in [0.717, 1.165) is 24.3 Å². The summed E-state index contributed by atoms with van der Waals surface area (Å²) in [5, 5.41) is 5.91. The molecule has 0 radical (unpaired) electrons. The minimum absolute atomic E-state index is 0.251. The summed E-state index contributed by atoms with van der Waals surface area (Å²) in [6, 6.07) is 6.18. The number of aliphatic imine (C=N–C) groups is 1. The highest BCUT2D eigenvalue weighted by Crippen LogP contribution is 2.17. The van der Waals surface area contributed by atoms with Crippen molar-refractivity contribution in [1.82, 2.24) is 10.6 Å². The van der Waals surface area contributed by atoms with Crippen LogP contribution in [0.5, 0.6) is 0 Å². The van der Waals surface area contributed by atoms with Gasteiger partial charge in [-0.2, -0.15) is 0 Å². The normalized spacial score (nSPS) is 12.8. The zero-order chi connectivity index (χ0) is 18.4. The van der Waals surface area contributed by atoms with Crippen molar-refractivity contribution in [2.24, 2.45) is 4.99 Å². The van der Waals surface area contributed by atoms with Crippen molar-refractivity contribution in [2.45, 2.75) is 19.4 Å². The number of halogens is 4. The molecule has 0 aliphatic carbocycles. The molecule has 2 aromatic rings. The zero-order valence-electron chi connectivity index (χ0n) is 13.9. The highest BCUT2D eigenvalue weighted by molar-refractivity contribution is 5.80. The van der Waals surface area contributed by atoms with Crippen LogP contribution in [-0.4, -0.2) is 19.6 Å². The molecular weight excluding hydrogens is 334 g/mol.